The number of fused-ring (bicyclic) bond motifs is 1. The molecule has 2 aromatic carbocycles. The standard InChI is InChI=1S/C20H20N2O5/c1-11(23)12-5-7-13(8-6-12)22-20(24)14-10-21-15-9-16(25-2)18(26-3)19(27-4)17(14)15/h5-10,21H,1-4H3,(H,22,24). The zero-order valence-corrected chi connectivity index (χ0v) is 15.5. The molecule has 1 aromatic heterocycles. The second-order valence-corrected chi connectivity index (χ2v) is 5.86. The monoisotopic (exact) mass is 368 g/mol. The molecule has 0 aliphatic heterocycles. The van der Waals surface area contributed by atoms with Gasteiger partial charge in [-0.3, -0.25) is 9.59 Å². The van der Waals surface area contributed by atoms with Crippen LogP contribution in [0.5, 0.6) is 17.2 Å². The molecule has 0 unspecified atom stereocenters. The van der Waals surface area contributed by atoms with Gasteiger partial charge in [-0.2, -0.15) is 0 Å². The number of ketones is 1. The average Bonchev–Trinajstić information content (AvgIpc) is 3.10. The number of carbonyl (C=O) groups excluding carboxylic acids is 2. The van der Waals surface area contributed by atoms with E-state index in [1.54, 1.807) is 36.5 Å². The lowest BCUT2D eigenvalue weighted by Gasteiger charge is -2.14. The highest BCUT2D eigenvalue weighted by Gasteiger charge is 2.22. The van der Waals surface area contributed by atoms with Crippen LogP contribution in [0.4, 0.5) is 5.69 Å². The van der Waals surface area contributed by atoms with E-state index in [0.29, 0.717) is 45.0 Å². The summed E-state index contributed by atoms with van der Waals surface area (Å²) in [5.41, 5.74) is 2.25. The van der Waals surface area contributed by atoms with Gasteiger partial charge in [-0.05, 0) is 31.2 Å². The number of methoxy groups -OCH3 is 3. The molecule has 0 atom stereocenters. The van der Waals surface area contributed by atoms with E-state index < -0.39 is 0 Å². The van der Waals surface area contributed by atoms with Gasteiger partial charge in [0.15, 0.2) is 17.3 Å². The Labute approximate surface area is 156 Å². The Hall–Kier alpha value is -3.48. The summed E-state index contributed by atoms with van der Waals surface area (Å²) in [6.07, 6.45) is 1.60. The van der Waals surface area contributed by atoms with Crippen molar-refractivity contribution in [3.8, 4) is 17.2 Å². The summed E-state index contributed by atoms with van der Waals surface area (Å²) in [6.45, 7) is 1.49. The Morgan fingerprint density at radius 2 is 1.63 bits per heavy atom. The van der Waals surface area contributed by atoms with Crippen molar-refractivity contribution in [1.29, 1.82) is 0 Å². The van der Waals surface area contributed by atoms with Crippen molar-refractivity contribution in [2.24, 2.45) is 0 Å². The summed E-state index contributed by atoms with van der Waals surface area (Å²) < 4.78 is 16.2. The van der Waals surface area contributed by atoms with Gasteiger partial charge in [0, 0.05) is 23.5 Å². The molecule has 0 saturated heterocycles. The maximum Gasteiger partial charge on any atom is 0.257 e. The highest BCUT2D eigenvalue weighted by Crippen LogP contribution is 2.44. The summed E-state index contributed by atoms with van der Waals surface area (Å²) in [4.78, 5) is 27.2. The highest BCUT2D eigenvalue weighted by atomic mass is 16.5. The molecule has 0 spiro atoms. The van der Waals surface area contributed by atoms with Crippen molar-refractivity contribution in [1.82, 2.24) is 4.98 Å². The molecular weight excluding hydrogens is 348 g/mol. The summed E-state index contributed by atoms with van der Waals surface area (Å²) >= 11 is 0. The molecular formula is C20H20N2O5. The maximum absolute atomic E-state index is 12.8. The molecule has 3 rings (SSSR count). The molecule has 0 aliphatic rings. The fourth-order valence-corrected chi connectivity index (χ4v) is 2.93. The first kappa shape index (κ1) is 18.3. The van der Waals surface area contributed by atoms with E-state index in [2.05, 4.69) is 10.3 Å². The molecule has 2 N–H and O–H groups in total. The van der Waals surface area contributed by atoms with Crippen LogP contribution in [-0.2, 0) is 0 Å². The van der Waals surface area contributed by atoms with Crippen molar-refractivity contribution < 1.29 is 23.8 Å². The molecule has 27 heavy (non-hydrogen) atoms. The molecule has 0 aliphatic carbocycles. The van der Waals surface area contributed by atoms with Crippen LogP contribution >= 0.6 is 0 Å². The van der Waals surface area contributed by atoms with E-state index in [0.717, 1.165) is 0 Å². The van der Waals surface area contributed by atoms with E-state index in [1.807, 2.05) is 0 Å². The van der Waals surface area contributed by atoms with Crippen molar-refractivity contribution in [2.45, 2.75) is 6.92 Å². The number of aromatic nitrogens is 1. The highest BCUT2D eigenvalue weighted by molar-refractivity contribution is 6.15. The number of amides is 1. The molecule has 7 heteroatoms. The van der Waals surface area contributed by atoms with Crippen LogP contribution in [0.3, 0.4) is 0 Å². The Morgan fingerprint density at radius 3 is 2.19 bits per heavy atom. The third kappa shape index (κ3) is 3.31. The van der Waals surface area contributed by atoms with Gasteiger partial charge in [-0.25, -0.2) is 0 Å². The lowest BCUT2D eigenvalue weighted by atomic mass is 10.1. The van der Waals surface area contributed by atoms with Gasteiger partial charge in [0.1, 0.15) is 0 Å². The van der Waals surface area contributed by atoms with Crippen molar-refractivity contribution >= 4 is 28.3 Å². The molecule has 0 saturated carbocycles. The minimum atomic E-state index is -0.317. The normalized spacial score (nSPS) is 10.5. The zero-order chi connectivity index (χ0) is 19.6. The van der Waals surface area contributed by atoms with Crippen LogP contribution in [0.2, 0.25) is 0 Å². The Morgan fingerprint density at radius 1 is 0.963 bits per heavy atom. The van der Waals surface area contributed by atoms with Crippen LogP contribution in [0.15, 0.2) is 36.5 Å². The van der Waals surface area contributed by atoms with Crippen LogP contribution in [0, 0.1) is 0 Å². The molecule has 7 nitrogen and oxygen atoms in total. The Balaban J connectivity index is 2.01. The fourth-order valence-electron chi connectivity index (χ4n) is 2.93. The van der Waals surface area contributed by atoms with Gasteiger partial charge in [0.2, 0.25) is 5.75 Å². The van der Waals surface area contributed by atoms with Gasteiger partial charge in [-0.1, -0.05) is 0 Å². The fraction of sp³-hybridized carbons (Fsp3) is 0.200. The number of H-pyrrole nitrogens is 1. The second kappa shape index (κ2) is 7.41. The first-order valence-electron chi connectivity index (χ1n) is 8.22. The van der Waals surface area contributed by atoms with Gasteiger partial charge < -0.3 is 24.5 Å². The quantitative estimate of drug-likeness (QED) is 0.648. The predicted octanol–water partition coefficient (Wildman–Crippen LogP) is 3.65. The van der Waals surface area contributed by atoms with Crippen molar-refractivity contribution in [3.05, 3.63) is 47.7 Å². The molecule has 0 bridgehead atoms. The Kier molecular flexibility index (Phi) is 5.03. The van der Waals surface area contributed by atoms with Gasteiger partial charge in [0.25, 0.3) is 5.91 Å². The average molecular weight is 368 g/mol. The van der Waals surface area contributed by atoms with Gasteiger partial charge >= 0.3 is 0 Å². The topological polar surface area (TPSA) is 89.7 Å². The number of aromatic amines is 1. The van der Waals surface area contributed by atoms with E-state index in [9.17, 15) is 9.59 Å². The van der Waals surface area contributed by atoms with Gasteiger partial charge in [-0.15, -0.1) is 0 Å². The minimum absolute atomic E-state index is 0.0321. The number of carbonyl (C=O) groups is 2. The third-order valence-electron chi connectivity index (χ3n) is 4.27. The van der Waals surface area contributed by atoms with Crippen LogP contribution in [-0.4, -0.2) is 38.0 Å². The summed E-state index contributed by atoms with van der Waals surface area (Å²) in [7, 11) is 4.55. The predicted molar refractivity (Wildman–Crippen MR) is 102 cm³/mol. The first-order valence-corrected chi connectivity index (χ1v) is 8.22. The number of ether oxygens (including phenoxy) is 3. The smallest absolute Gasteiger partial charge is 0.257 e. The van der Waals surface area contributed by atoms with E-state index in [1.165, 1.54) is 28.3 Å². The van der Waals surface area contributed by atoms with E-state index >= 15 is 0 Å². The molecule has 0 fully saturated rings. The van der Waals surface area contributed by atoms with E-state index in [-0.39, 0.29) is 11.7 Å². The zero-order valence-electron chi connectivity index (χ0n) is 15.5. The SMILES string of the molecule is COc1cc2[nH]cc(C(=O)Nc3ccc(C(C)=O)cc3)c2c(OC)c1OC. The number of nitrogens with one attached hydrogen (secondary N) is 2. The second-order valence-electron chi connectivity index (χ2n) is 5.86. The number of benzene rings is 2. The first-order chi connectivity index (χ1) is 13.0. The molecule has 3 aromatic rings. The van der Waals surface area contributed by atoms with E-state index in [4.69, 9.17) is 14.2 Å². The summed E-state index contributed by atoms with van der Waals surface area (Å²) in [5.74, 6) is 0.963. The molecule has 0 radical (unpaired) electrons. The number of anilines is 1. The van der Waals surface area contributed by atoms with Crippen molar-refractivity contribution in [2.75, 3.05) is 26.6 Å². The van der Waals surface area contributed by atoms with Crippen LogP contribution in [0.1, 0.15) is 27.6 Å². The molecule has 140 valence electrons. The summed E-state index contributed by atoms with van der Waals surface area (Å²) in [5, 5.41) is 3.41. The third-order valence-corrected chi connectivity index (χ3v) is 4.27. The lowest BCUT2D eigenvalue weighted by Crippen LogP contribution is -2.12. The number of rotatable bonds is 6. The lowest BCUT2D eigenvalue weighted by molar-refractivity contribution is 0.101. The van der Waals surface area contributed by atoms with Crippen LogP contribution in [0.25, 0.3) is 10.9 Å². The Bertz CT molecular complexity index is 1010. The molecule has 1 amide bonds. The summed E-state index contributed by atoms with van der Waals surface area (Å²) in [6, 6.07) is 8.45. The number of hydrogen-bond donors (Lipinski definition) is 2. The molecule has 1 heterocycles. The maximum atomic E-state index is 12.8. The number of hydrogen-bond acceptors (Lipinski definition) is 5. The minimum Gasteiger partial charge on any atom is -0.493 e. The van der Waals surface area contributed by atoms with Crippen molar-refractivity contribution in [3.63, 3.8) is 0 Å². The van der Waals surface area contributed by atoms with Crippen LogP contribution < -0.4 is 19.5 Å². The largest absolute Gasteiger partial charge is 0.493 e. The number of Topliss-reactive ketones (excluding diaryl/α,β-unsaturated/α-hetero) is 1. The van der Waals surface area contributed by atoms with Gasteiger partial charge in [0.05, 0.1) is 37.8 Å².